The number of imide groups is 1. The van der Waals surface area contributed by atoms with E-state index in [4.69, 9.17) is 5.73 Å². The number of nitrogens with one attached hydrogen (secondary N) is 2. The van der Waals surface area contributed by atoms with Crippen LogP contribution in [0.3, 0.4) is 0 Å². The second kappa shape index (κ2) is 6.80. The largest absolute Gasteiger partial charge is 0.375 e. The Bertz CT molecular complexity index is 443. The molecule has 1 rings (SSSR count). The average molecular weight is 275 g/mol. The number of nitrogens with two attached hydrogens (primary N) is 1. The number of para-hydroxylation sites is 1. The minimum Gasteiger partial charge on any atom is -0.375 e. The van der Waals surface area contributed by atoms with Crippen LogP contribution in [0, 0.1) is 0 Å². The Morgan fingerprint density at radius 3 is 2.61 bits per heavy atom. The number of urea groups is 1. The Balaban J connectivity index is 2.61. The van der Waals surface area contributed by atoms with Gasteiger partial charge in [-0.15, -0.1) is 0 Å². The van der Waals surface area contributed by atoms with Crippen molar-refractivity contribution in [3.05, 3.63) is 24.3 Å². The number of halogens is 2. The highest BCUT2D eigenvalue weighted by molar-refractivity contribution is 7.99. The lowest BCUT2D eigenvalue weighted by Crippen LogP contribution is -2.38. The van der Waals surface area contributed by atoms with Crippen LogP contribution in [0.4, 0.5) is 19.3 Å². The Kier molecular flexibility index (Phi) is 5.37. The van der Waals surface area contributed by atoms with Gasteiger partial charge < -0.3 is 11.1 Å². The van der Waals surface area contributed by atoms with Crippen LogP contribution >= 0.6 is 11.8 Å². The van der Waals surface area contributed by atoms with Gasteiger partial charge in [0, 0.05) is 10.6 Å². The first kappa shape index (κ1) is 14.2. The summed E-state index contributed by atoms with van der Waals surface area (Å²) in [7, 11) is 0. The van der Waals surface area contributed by atoms with Gasteiger partial charge in [-0.1, -0.05) is 23.9 Å². The van der Waals surface area contributed by atoms with E-state index in [0.717, 1.165) is 0 Å². The van der Waals surface area contributed by atoms with Crippen molar-refractivity contribution in [2.24, 2.45) is 5.73 Å². The number of anilines is 1. The Morgan fingerprint density at radius 1 is 1.33 bits per heavy atom. The van der Waals surface area contributed by atoms with Gasteiger partial charge in [0.05, 0.1) is 6.54 Å². The van der Waals surface area contributed by atoms with Gasteiger partial charge in [-0.2, -0.15) is 8.78 Å². The second-order valence-electron chi connectivity index (χ2n) is 3.14. The van der Waals surface area contributed by atoms with Crippen LogP contribution in [0.15, 0.2) is 29.2 Å². The van der Waals surface area contributed by atoms with Gasteiger partial charge >= 0.3 is 6.03 Å². The van der Waals surface area contributed by atoms with Crippen LogP contribution in [-0.2, 0) is 4.79 Å². The highest BCUT2D eigenvalue weighted by atomic mass is 32.2. The second-order valence-corrected chi connectivity index (χ2v) is 4.17. The maximum Gasteiger partial charge on any atom is 0.318 e. The monoisotopic (exact) mass is 275 g/mol. The third-order valence-corrected chi connectivity index (χ3v) is 2.59. The maximum absolute atomic E-state index is 12.3. The van der Waals surface area contributed by atoms with Crippen LogP contribution < -0.4 is 16.4 Å². The van der Waals surface area contributed by atoms with Crippen molar-refractivity contribution < 1.29 is 18.4 Å². The molecule has 0 spiro atoms. The zero-order chi connectivity index (χ0) is 13.5. The zero-order valence-corrected chi connectivity index (χ0v) is 9.97. The molecular weight excluding hydrogens is 264 g/mol. The molecule has 1 aromatic carbocycles. The lowest BCUT2D eigenvalue weighted by Gasteiger charge is -2.10. The number of alkyl halides is 2. The summed E-state index contributed by atoms with van der Waals surface area (Å²) in [6, 6.07) is 5.36. The molecule has 18 heavy (non-hydrogen) atoms. The van der Waals surface area contributed by atoms with E-state index in [1.807, 2.05) is 5.32 Å². The van der Waals surface area contributed by atoms with E-state index in [2.05, 4.69) is 5.32 Å². The highest BCUT2D eigenvalue weighted by Gasteiger charge is 2.10. The average Bonchev–Trinajstić information content (AvgIpc) is 2.26. The van der Waals surface area contributed by atoms with Crippen molar-refractivity contribution in [1.29, 1.82) is 0 Å². The molecule has 0 saturated carbocycles. The predicted molar refractivity (Wildman–Crippen MR) is 64.5 cm³/mol. The molecule has 0 heterocycles. The Hall–Kier alpha value is -1.83. The van der Waals surface area contributed by atoms with Crippen LogP contribution in [-0.4, -0.2) is 24.2 Å². The smallest absolute Gasteiger partial charge is 0.318 e. The third-order valence-electron chi connectivity index (χ3n) is 1.81. The zero-order valence-electron chi connectivity index (χ0n) is 9.15. The first-order valence-electron chi connectivity index (χ1n) is 4.86. The molecule has 0 fully saturated rings. The molecule has 4 N–H and O–H groups in total. The molecular formula is C10H11F2N3O2S. The molecule has 0 radical (unpaired) electrons. The van der Waals surface area contributed by atoms with E-state index < -0.39 is 17.7 Å². The van der Waals surface area contributed by atoms with Crippen molar-refractivity contribution in [2.75, 3.05) is 11.9 Å². The number of rotatable bonds is 5. The van der Waals surface area contributed by atoms with Crippen LogP contribution in [0.5, 0.6) is 0 Å². The molecule has 5 nitrogen and oxygen atoms in total. The summed E-state index contributed by atoms with van der Waals surface area (Å²) in [4.78, 5) is 21.8. The number of carbonyl (C=O) groups excluding carboxylic acids is 2. The van der Waals surface area contributed by atoms with Crippen molar-refractivity contribution in [3.63, 3.8) is 0 Å². The van der Waals surface area contributed by atoms with Crippen LogP contribution in [0.1, 0.15) is 0 Å². The standard InChI is InChI=1S/C10H11F2N3O2S/c11-9(12)18-7-4-2-1-3-6(7)14-5-8(16)15-10(13)17/h1-4,9,14H,5H2,(H3,13,15,16,17). The molecule has 1 aromatic rings. The Morgan fingerprint density at radius 2 is 2.00 bits per heavy atom. The molecule has 98 valence electrons. The van der Waals surface area contributed by atoms with Crippen molar-refractivity contribution in [3.8, 4) is 0 Å². The number of benzene rings is 1. The van der Waals surface area contributed by atoms with Gasteiger partial charge in [-0.05, 0) is 12.1 Å². The summed E-state index contributed by atoms with van der Waals surface area (Å²) in [6.45, 7) is -0.232. The molecule has 0 bridgehead atoms. The van der Waals surface area contributed by atoms with Crippen molar-refractivity contribution >= 4 is 29.4 Å². The molecule has 8 heteroatoms. The quantitative estimate of drug-likeness (QED) is 0.713. The number of carbonyl (C=O) groups is 2. The Labute approximate surface area is 106 Å². The molecule has 0 unspecified atom stereocenters. The van der Waals surface area contributed by atoms with Crippen molar-refractivity contribution in [1.82, 2.24) is 5.32 Å². The highest BCUT2D eigenvalue weighted by Crippen LogP contribution is 2.31. The van der Waals surface area contributed by atoms with Gasteiger partial charge in [0.25, 0.3) is 5.76 Å². The summed E-state index contributed by atoms with van der Waals surface area (Å²) < 4.78 is 24.5. The summed E-state index contributed by atoms with van der Waals surface area (Å²) in [5.41, 5.74) is 5.15. The van der Waals surface area contributed by atoms with Gasteiger partial charge in [0.2, 0.25) is 5.91 Å². The van der Waals surface area contributed by atoms with Crippen molar-refractivity contribution in [2.45, 2.75) is 10.7 Å². The first-order chi connectivity index (χ1) is 8.49. The molecule has 0 aromatic heterocycles. The van der Waals surface area contributed by atoms with E-state index in [1.54, 1.807) is 18.2 Å². The van der Waals surface area contributed by atoms with Crippen LogP contribution in [0.2, 0.25) is 0 Å². The lowest BCUT2D eigenvalue weighted by molar-refractivity contribution is -0.118. The topological polar surface area (TPSA) is 84.2 Å². The fraction of sp³-hybridized carbons (Fsp3) is 0.200. The predicted octanol–water partition coefficient (Wildman–Crippen LogP) is 1.61. The van der Waals surface area contributed by atoms with E-state index in [-0.39, 0.29) is 6.54 Å². The number of hydrogen-bond acceptors (Lipinski definition) is 4. The minimum absolute atomic E-state index is 0.232. The first-order valence-corrected chi connectivity index (χ1v) is 5.74. The molecule has 3 amide bonds. The summed E-state index contributed by atoms with van der Waals surface area (Å²) in [5, 5.41) is 4.51. The third kappa shape index (κ3) is 5.00. The summed E-state index contributed by atoms with van der Waals surface area (Å²) in [5.74, 6) is -3.19. The number of thioether (sulfide) groups is 1. The van der Waals surface area contributed by atoms with E-state index in [0.29, 0.717) is 22.3 Å². The van der Waals surface area contributed by atoms with E-state index >= 15 is 0 Å². The number of hydrogen-bond donors (Lipinski definition) is 3. The number of primary amides is 1. The molecule has 0 aliphatic carbocycles. The van der Waals surface area contributed by atoms with E-state index in [1.165, 1.54) is 6.07 Å². The van der Waals surface area contributed by atoms with Crippen LogP contribution in [0.25, 0.3) is 0 Å². The fourth-order valence-corrected chi connectivity index (χ4v) is 1.78. The van der Waals surface area contributed by atoms with E-state index in [9.17, 15) is 18.4 Å². The van der Waals surface area contributed by atoms with Gasteiger partial charge in [-0.3, -0.25) is 10.1 Å². The maximum atomic E-state index is 12.3. The minimum atomic E-state index is -2.55. The fourth-order valence-electron chi connectivity index (χ4n) is 1.17. The molecule has 0 aliphatic rings. The van der Waals surface area contributed by atoms with Gasteiger partial charge in [-0.25, -0.2) is 4.79 Å². The molecule has 0 aliphatic heterocycles. The summed E-state index contributed by atoms with van der Waals surface area (Å²) >= 11 is 0.371. The number of amides is 3. The molecule has 0 atom stereocenters. The summed E-state index contributed by atoms with van der Waals surface area (Å²) in [6.07, 6.45) is 0. The SMILES string of the molecule is NC(=O)NC(=O)CNc1ccccc1SC(F)F. The van der Waals surface area contributed by atoms with Gasteiger partial charge in [0.15, 0.2) is 0 Å². The normalized spacial score (nSPS) is 10.2. The lowest BCUT2D eigenvalue weighted by atomic mass is 10.3. The molecule has 0 saturated heterocycles. The van der Waals surface area contributed by atoms with Gasteiger partial charge in [0.1, 0.15) is 0 Å².